The molecule has 5 heteroatoms. The summed E-state index contributed by atoms with van der Waals surface area (Å²) in [6.07, 6.45) is 5.30. The van der Waals surface area contributed by atoms with E-state index in [1.54, 1.807) is 26.4 Å². The van der Waals surface area contributed by atoms with Gasteiger partial charge in [0.25, 0.3) is 0 Å². The minimum Gasteiger partial charge on any atom is -0.493 e. The maximum Gasteiger partial charge on any atom is 0.335 e. The Labute approximate surface area is 152 Å². The van der Waals surface area contributed by atoms with Crippen LogP contribution in [0.15, 0.2) is 48.6 Å². The fourth-order valence-corrected chi connectivity index (χ4v) is 4.19. The van der Waals surface area contributed by atoms with Gasteiger partial charge in [0.05, 0.1) is 25.8 Å². The molecule has 2 aromatic carbocycles. The molecule has 0 fully saturated rings. The molecule has 2 aromatic rings. The van der Waals surface area contributed by atoms with Crippen molar-refractivity contribution in [2.75, 3.05) is 19.5 Å². The molecule has 0 radical (unpaired) electrons. The first kappa shape index (κ1) is 16.5. The number of hydrogen-bond donors (Lipinski definition) is 2. The lowest BCUT2D eigenvalue weighted by atomic mass is 9.76. The van der Waals surface area contributed by atoms with Gasteiger partial charge >= 0.3 is 5.97 Å². The van der Waals surface area contributed by atoms with Crippen molar-refractivity contribution >= 4 is 11.7 Å². The number of carboxylic acid groups (broad SMARTS) is 1. The number of para-hydroxylation sites is 1. The van der Waals surface area contributed by atoms with Crippen LogP contribution in [0.4, 0.5) is 5.69 Å². The van der Waals surface area contributed by atoms with Crippen molar-refractivity contribution in [2.45, 2.75) is 18.4 Å². The van der Waals surface area contributed by atoms with Crippen LogP contribution in [0.5, 0.6) is 11.5 Å². The molecule has 3 atom stereocenters. The number of rotatable bonds is 4. The molecular formula is C21H21NO4. The van der Waals surface area contributed by atoms with Gasteiger partial charge < -0.3 is 19.9 Å². The van der Waals surface area contributed by atoms with Crippen LogP contribution in [0.25, 0.3) is 0 Å². The SMILES string of the molecule is COc1cccc([C@H]2Nc3ccc(C(=O)O)cc3[C@H]3C=CC[C@@H]32)c1OC. The van der Waals surface area contributed by atoms with Gasteiger partial charge in [-0.2, -0.15) is 0 Å². The van der Waals surface area contributed by atoms with Crippen molar-refractivity contribution in [3.63, 3.8) is 0 Å². The van der Waals surface area contributed by atoms with Gasteiger partial charge in [0.15, 0.2) is 11.5 Å². The number of ether oxygens (including phenoxy) is 2. The molecule has 0 bridgehead atoms. The van der Waals surface area contributed by atoms with Gasteiger partial charge in [0, 0.05) is 17.2 Å². The lowest BCUT2D eigenvalue weighted by Crippen LogP contribution is -2.29. The Hall–Kier alpha value is -2.95. The van der Waals surface area contributed by atoms with Gasteiger partial charge in [-0.05, 0) is 42.2 Å². The predicted octanol–water partition coefficient (Wildman–Crippen LogP) is 4.23. The first-order valence-corrected chi connectivity index (χ1v) is 8.65. The van der Waals surface area contributed by atoms with Gasteiger partial charge in [0.1, 0.15) is 0 Å². The van der Waals surface area contributed by atoms with Crippen molar-refractivity contribution in [2.24, 2.45) is 5.92 Å². The topological polar surface area (TPSA) is 67.8 Å². The molecule has 1 aliphatic carbocycles. The van der Waals surface area contributed by atoms with Crippen molar-refractivity contribution in [3.8, 4) is 11.5 Å². The summed E-state index contributed by atoms with van der Waals surface area (Å²) in [5.74, 6) is 1.03. The van der Waals surface area contributed by atoms with E-state index in [0.717, 1.165) is 29.0 Å². The van der Waals surface area contributed by atoms with Gasteiger partial charge in [-0.25, -0.2) is 4.79 Å². The molecule has 0 saturated heterocycles. The van der Waals surface area contributed by atoms with Crippen LogP contribution in [-0.4, -0.2) is 25.3 Å². The van der Waals surface area contributed by atoms with Crippen molar-refractivity contribution in [3.05, 3.63) is 65.2 Å². The fraction of sp³-hybridized carbons (Fsp3) is 0.286. The van der Waals surface area contributed by atoms with Crippen LogP contribution < -0.4 is 14.8 Å². The Balaban J connectivity index is 1.81. The monoisotopic (exact) mass is 351 g/mol. The highest BCUT2D eigenvalue weighted by Crippen LogP contribution is 2.52. The standard InChI is InChI=1S/C21H21NO4/c1-25-18-8-4-7-15(20(18)26-2)19-14-6-3-5-13(14)16-11-12(21(23)24)9-10-17(16)22-19/h3-5,7-11,13-14,19,22H,6H2,1-2H3,(H,23,24)/t13-,14-,19-/m0/s1. The molecule has 1 heterocycles. The number of hydrogen-bond acceptors (Lipinski definition) is 4. The van der Waals surface area contributed by atoms with Gasteiger partial charge in [0.2, 0.25) is 0 Å². The molecule has 2 aliphatic rings. The molecule has 134 valence electrons. The molecule has 5 nitrogen and oxygen atoms in total. The zero-order valence-electron chi connectivity index (χ0n) is 14.7. The Morgan fingerprint density at radius 3 is 2.73 bits per heavy atom. The van der Waals surface area contributed by atoms with Gasteiger partial charge in [-0.3, -0.25) is 0 Å². The van der Waals surface area contributed by atoms with Crippen molar-refractivity contribution in [1.82, 2.24) is 0 Å². The third-order valence-electron chi connectivity index (χ3n) is 5.38. The van der Waals surface area contributed by atoms with E-state index in [0.29, 0.717) is 17.2 Å². The number of fused-ring (bicyclic) bond motifs is 3. The Morgan fingerprint density at radius 1 is 1.15 bits per heavy atom. The van der Waals surface area contributed by atoms with Crippen LogP contribution in [0.1, 0.15) is 39.9 Å². The number of carboxylic acids is 1. The number of carbonyl (C=O) groups is 1. The van der Waals surface area contributed by atoms with Gasteiger partial charge in [-0.15, -0.1) is 0 Å². The molecule has 0 unspecified atom stereocenters. The van der Waals surface area contributed by atoms with Crippen molar-refractivity contribution in [1.29, 1.82) is 0 Å². The van der Waals surface area contributed by atoms with E-state index in [-0.39, 0.29) is 12.0 Å². The van der Waals surface area contributed by atoms with E-state index in [9.17, 15) is 9.90 Å². The van der Waals surface area contributed by atoms with E-state index in [1.807, 2.05) is 18.2 Å². The second kappa shape index (κ2) is 6.41. The quantitative estimate of drug-likeness (QED) is 0.807. The van der Waals surface area contributed by atoms with Crippen LogP contribution in [-0.2, 0) is 0 Å². The second-order valence-corrected chi connectivity index (χ2v) is 6.67. The highest BCUT2D eigenvalue weighted by atomic mass is 16.5. The lowest BCUT2D eigenvalue weighted by Gasteiger charge is -2.38. The summed E-state index contributed by atoms with van der Waals surface area (Å²) in [4.78, 5) is 11.3. The minimum atomic E-state index is -0.900. The number of anilines is 1. The number of aromatic carboxylic acids is 1. The average molecular weight is 351 g/mol. The highest BCUT2D eigenvalue weighted by molar-refractivity contribution is 5.89. The summed E-state index contributed by atoms with van der Waals surface area (Å²) >= 11 is 0. The predicted molar refractivity (Wildman–Crippen MR) is 99.3 cm³/mol. The number of benzene rings is 2. The lowest BCUT2D eigenvalue weighted by molar-refractivity contribution is 0.0696. The van der Waals surface area contributed by atoms with E-state index >= 15 is 0 Å². The summed E-state index contributed by atoms with van der Waals surface area (Å²) < 4.78 is 11.1. The number of nitrogens with one attached hydrogen (secondary N) is 1. The molecule has 0 amide bonds. The Bertz CT molecular complexity index is 890. The highest BCUT2D eigenvalue weighted by Gasteiger charge is 2.39. The van der Waals surface area contributed by atoms with E-state index in [2.05, 4.69) is 23.5 Å². The third-order valence-corrected chi connectivity index (χ3v) is 5.38. The van der Waals surface area contributed by atoms with Crippen LogP contribution in [0.3, 0.4) is 0 Å². The summed E-state index contributed by atoms with van der Waals surface area (Å²) in [6.45, 7) is 0. The first-order valence-electron chi connectivity index (χ1n) is 8.65. The molecule has 1 aliphatic heterocycles. The molecule has 26 heavy (non-hydrogen) atoms. The summed E-state index contributed by atoms with van der Waals surface area (Å²) in [5.41, 5.74) is 3.39. The van der Waals surface area contributed by atoms with E-state index < -0.39 is 5.97 Å². The maximum absolute atomic E-state index is 11.3. The average Bonchev–Trinajstić information content (AvgIpc) is 3.16. The molecule has 0 saturated carbocycles. The first-order chi connectivity index (χ1) is 12.6. The zero-order valence-corrected chi connectivity index (χ0v) is 14.7. The summed E-state index contributed by atoms with van der Waals surface area (Å²) in [6, 6.07) is 11.3. The number of allylic oxidation sites excluding steroid dienone is 2. The largest absolute Gasteiger partial charge is 0.493 e. The molecule has 2 N–H and O–H groups in total. The fourth-order valence-electron chi connectivity index (χ4n) is 4.19. The number of methoxy groups -OCH3 is 2. The second-order valence-electron chi connectivity index (χ2n) is 6.67. The normalized spacial score (nSPS) is 22.9. The van der Waals surface area contributed by atoms with E-state index in [4.69, 9.17) is 9.47 Å². The van der Waals surface area contributed by atoms with E-state index in [1.165, 1.54) is 0 Å². The smallest absolute Gasteiger partial charge is 0.335 e. The Kier molecular flexibility index (Phi) is 4.07. The minimum absolute atomic E-state index is 0.0585. The summed E-state index contributed by atoms with van der Waals surface area (Å²) in [7, 11) is 3.29. The molecule has 0 spiro atoms. The van der Waals surface area contributed by atoms with Crippen LogP contribution in [0.2, 0.25) is 0 Å². The Morgan fingerprint density at radius 2 is 2.00 bits per heavy atom. The summed E-state index contributed by atoms with van der Waals surface area (Å²) in [5, 5.41) is 12.9. The van der Waals surface area contributed by atoms with Crippen LogP contribution in [0, 0.1) is 5.92 Å². The van der Waals surface area contributed by atoms with Crippen LogP contribution >= 0.6 is 0 Å². The third kappa shape index (κ3) is 2.51. The van der Waals surface area contributed by atoms with Gasteiger partial charge in [-0.1, -0.05) is 24.3 Å². The maximum atomic E-state index is 11.3. The van der Waals surface area contributed by atoms with Crippen molar-refractivity contribution < 1.29 is 19.4 Å². The molecule has 4 rings (SSSR count). The molecular weight excluding hydrogens is 330 g/mol. The molecule has 0 aromatic heterocycles. The zero-order chi connectivity index (χ0) is 18.3.